The second-order valence-electron chi connectivity index (χ2n) is 17.4. The predicted octanol–water partition coefficient (Wildman–Crippen LogP) is 1.76. The minimum atomic E-state index is -0.953. The molecule has 0 saturated carbocycles. The summed E-state index contributed by atoms with van der Waals surface area (Å²) in [4.78, 5) is 2.88. The van der Waals surface area contributed by atoms with E-state index in [9.17, 15) is 0 Å². The Morgan fingerprint density at radius 2 is 0.582 bits per heavy atom. The smallest absolute Gasteiger partial charge is 0.373 e. The molecule has 3 saturated heterocycles. The van der Waals surface area contributed by atoms with E-state index in [4.69, 9.17) is 28.4 Å². The molecular formula is C42H77KLuN2O6Si3. The fourth-order valence-electron chi connectivity index (χ4n) is 5.78. The average molecular weight is 1000 g/mol. The van der Waals surface area contributed by atoms with Crippen LogP contribution >= 0.6 is 0 Å². The molecular weight excluding hydrogens is 927 g/mol. The third kappa shape index (κ3) is 29.5. The molecule has 319 valence electrons. The molecule has 3 aliphatic heterocycles. The molecule has 6 rings (SSSR count). The van der Waals surface area contributed by atoms with Crippen molar-refractivity contribution in [3.63, 3.8) is 0 Å². The molecule has 2 N–H and O–H groups in total. The Balaban J connectivity index is 0.000000820. The van der Waals surface area contributed by atoms with Crippen LogP contribution in [0.4, 0.5) is 0 Å². The van der Waals surface area contributed by atoms with E-state index in [2.05, 4.69) is 114 Å². The first-order valence-electron chi connectivity index (χ1n) is 20.2. The molecule has 6 aliphatic rings. The van der Waals surface area contributed by atoms with Crippen LogP contribution < -0.4 is 61.2 Å². The largest absolute Gasteiger partial charge is 1.00 e. The Kier molecular flexibility index (Phi) is 34.3. The van der Waals surface area contributed by atoms with Gasteiger partial charge in [-0.3, -0.25) is 18.2 Å². The molecule has 3 heterocycles. The van der Waals surface area contributed by atoms with Crippen LogP contribution in [0.15, 0.2) is 54.7 Å². The third-order valence-electron chi connectivity index (χ3n) is 9.54. The predicted molar refractivity (Wildman–Crippen MR) is 228 cm³/mol. The van der Waals surface area contributed by atoms with Crippen molar-refractivity contribution < 1.29 is 126 Å². The Hall–Kier alpha value is 1.64. The van der Waals surface area contributed by atoms with Crippen molar-refractivity contribution in [1.82, 2.24) is 0 Å². The van der Waals surface area contributed by atoms with Crippen LogP contribution in [-0.4, -0.2) is 143 Å². The molecule has 0 amide bonds. The summed E-state index contributed by atoms with van der Waals surface area (Å²) >= 11 is 0. The zero-order chi connectivity index (χ0) is 38.8. The molecule has 1 radical (unpaired) electrons. The van der Waals surface area contributed by atoms with Gasteiger partial charge in [0.15, 0.2) is 0 Å². The molecule has 3 unspecified atom stereocenters. The summed E-state index contributed by atoms with van der Waals surface area (Å²) < 4.78 is 34.4. The van der Waals surface area contributed by atoms with Gasteiger partial charge in [-0.1, -0.05) is 58.9 Å². The summed E-state index contributed by atoms with van der Waals surface area (Å²) in [5.74, 6) is 0. The fourth-order valence-corrected chi connectivity index (χ4v) is 9.63. The summed E-state index contributed by atoms with van der Waals surface area (Å²) in [6.07, 6.45) is 29.1. The fraction of sp³-hybridized carbons (Fsp3) is 0.714. The van der Waals surface area contributed by atoms with Gasteiger partial charge in [0.25, 0.3) is 0 Å². The second kappa shape index (κ2) is 33.3. The molecule has 0 spiro atoms. The molecule has 3 fully saturated rings. The van der Waals surface area contributed by atoms with Crippen molar-refractivity contribution in [1.29, 1.82) is 0 Å². The van der Waals surface area contributed by atoms with E-state index in [1.54, 1.807) is 0 Å². The van der Waals surface area contributed by atoms with E-state index >= 15 is 0 Å². The molecule has 3 atom stereocenters. The van der Waals surface area contributed by atoms with E-state index in [-0.39, 0.29) is 88.3 Å². The molecule has 2 bridgehead atoms. The Morgan fingerprint density at radius 1 is 0.382 bits per heavy atom. The second-order valence-corrected chi connectivity index (χ2v) is 33.4. The van der Waals surface area contributed by atoms with Gasteiger partial charge in [-0.2, -0.15) is 18.2 Å². The van der Waals surface area contributed by atoms with Crippen LogP contribution in [0.3, 0.4) is 0 Å². The first-order valence-corrected chi connectivity index (χ1v) is 30.9. The number of quaternary nitrogens is 2. The summed E-state index contributed by atoms with van der Waals surface area (Å²) in [5.41, 5.74) is 1.99. The number of rotatable bonds is 3. The van der Waals surface area contributed by atoms with Crippen molar-refractivity contribution in [2.45, 2.75) is 75.5 Å². The van der Waals surface area contributed by atoms with Crippen molar-refractivity contribution in [2.75, 3.05) is 119 Å². The first-order chi connectivity index (χ1) is 25.3. The zero-order valence-electron chi connectivity index (χ0n) is 36.4. The molecule has 0 aromatic heterocycles. The average Bonchev–Trinajstić information content (AvgIpc) is 3.91. The first kappa shape index (κ1) is 56.6. The number of hydrogen-bond donors (Lipinski definition) is 2. The van der Waals surface area contributed by atoms with Gasteiger partial charge < -0.3 is 38.2 Å². The monoisotopic (exact) mass is 1000 g/mol. The van der Waals surface area contributed by atoms with E-state index in [0.717, 1.165) is 78.9 Å². The minimum absolute atomic E-state index is 0. The van der Waals surface area contributed by atoms with Crippen LogP contribution in [0.1, 0.15) is 0 Å². The standard InChI is InChI=1S/C18H36N2O6.3C8H13Si.K.Lu/c1-7-21-13-14-24-10-4-20-5-11-25-17-15-22-8-2-19(1)3-9-23-16-18-26-12-6-20;3*1-9(2,3)8-6-4-5-7-8;;/h1-18H2;3*4-6,8H,1-3H3;;/q;3*-1;+1;/p+2. The molecule has 0 aromatic carbocycles. The minimum Gasteiger partial charge on any atom is -0.373 e. The molecule has 0 aromatic rings. The van der Waals surface area contributed by atoms with Gasteiger partial charge in [0.1, 0.15) is 39.3 Å². The Morgan fingerprint density at radius 3 is 0.709 bits per heavy atom. The van der Waals surface area contributed by atoms with Gasteiger partial charge >= 0.3 is 51.4 Å². The van der Waals surface area contributed by atoms with Crippen LogP contribution in [0.2, 0.25) is 75.5 Å². The van der Waals surface area contributed by atoms with Crippen LogP contribution in [0.25, 0.3) is 0 Å². The third-order valence-corrected chi connectivity index (χ3v) is 16.2. The Bertz CT molecular complexity index is 934. The number of allylic oxidation sites excluding steroid dienone is 12. The van der Waals surface area contributed by atoms with Gasteiger partial charge in [0.2, 0.25) is 0 Å². The number of fused-ring (bicyclic) bond motifs is 21. The SMILES string of the molecule is C1COCC[NH+]2CCOCCOCC[NH+](CCO1)CCOCCOCC2.C[Si](C)(C)C1[C-]=CC=C1.C[Si](C)(C)C1[C-]=CC=C1.C[Si](C)(C)C1[C-]=CC=C1.[K+].[Lu]. The van der Waals surface area contributed by atoms with E-state index in [1.807, 2.05) is 18.2 Å². The van der Waals surface area contributed by atoms with Crippen LogP contribution in [0.5, 0.6) is 0 Å². The van der Waals surface area contributed by atoms with Crippen molar-refractivity contribution in [3.8, 4) is 0 Å². The summed E-state index contributed by atoms with van der Waals surface area (Å²) in [6.45, 7) is 35.4. The Labute approximate surface area is 412 Å². The topological polar surface area (TPSA) is 64.3 Å². The van der Waals surface area contributed by atoms with Crippen LogP contribution in [0, 0.1) is 55.1 Å². The number of nitrogens with one attached hydrogen (secondary N) is 2. The van der Waals surface area contributed by atoms with Gasteiger partial charge in [-0.25, -0.2) is 36.5 Å². The maximum absolute atomic E-state index is 5.73. The molecule has 13 heteroatoms. The number of ether oxygens (including phenoxy) is 6. The van der Waals surface area contributed by atoms with Gasteiger partial charge in [-0.05, 0) is 0 Å². The van der Waals surface area contributed by atoms with Crippen molar-refractivity contribution >= 4 is 24.2 Å². The maximum Gasteiger partial charge on any atom is 1.00 e. The van der Waals surface area contributed by atoms with E-state index in [1.165, 1.54) is 9.80 Å². The zero-order valence-corrected chi connectivity index (χ0v) is 44.1. The summed E-state index contributed by atoms with van der Waals surface area (Å²) in [5, 5.41) is 0. The van der Waals surface area contributed by atoms with Gasteiger partial charge in [0.05, 0.1) is 79.3 Å². The van der Waals surface area contributed by atoms with Gasteiger partial charge in [0, 0.05) is 61.1 Å². The summed E-state index contributed by atoms with van der Waals surface area (Å²) in [6, 6.07) is 0. The molecule has 8 nitrogen and oxygen atoms in total. The van der Waals surface area contributed by atoms with Crippen LogP contribution in [-0.2, 0) is 28.4 Å². The quantitative estimate of drug-likeness (QED) is 0.333. The normalized spacial score (nSPS) is 26.9. The van der Waals surface area contributed by atoms with Crippen molar-refractivity contribution in [2.24, 2.45) is 0 Å². The van der Waals surface area contributed by atoms with Crippen molar-refractivity contribution in [3.05, 3.63) is 72.9 Å². The molecule has 3 aliphatic carbocycles. The van der Waals surface area contributed by atoms with E-state index in [0.29, 0.717) is 56.3 Å². The van der Waals surface area contributed by atoms with Gasteiger partial charge in [-0.15, -0.1) is 16.6 Å². The molecule has 55 heavy (non-hydrogen) atoms. The number of hydrogen-bond acceptors (Lipinski definition) is 6. The summed E-state index contributed by atoms with van der Waals surface area (Å²) in [7, 11) is -2.86. The van der Waals surface area contributed by atoms with E-state index < -0.39 is 24.2 Å². The maximum atomic E-state index is 5.73.